The summed E-state index contributed by atoms with van der Waals surface area (Å²) in [6.07, 6.45) is 2.20. The lowest BCUT2D eigenvalue weighted by Gasteiger charge is -2.19. The van der Waals surface area contributed by atoms with Gasteiger partial charge in [0.15, 0.2) is 0 Å². The molecule has 0 saturated heterocycles. The minimum atomic E-state index is -3.82. The van der Waals surface area contributed by atoms with Crippen molar-refractivity contribution in [2.45, 2.75) is 31.3 Å². The molecule has 9 heteroatoms. The second-order valence-electron chi connectivity index (χ2n) is 4.42. The van der Waals surface area contributed by atoms with E-state index in [1.165, 1.54) is 0 Å². The van der Waals surface area contributed by atoms with E-state index in [4.69, 9.17) is 10.2 Å². The number of aromatic nitrogens is 2. The zero-order chi connectivity index (χ0) is 14.6. The molecule has 0 aliphatic heterocycles. The number of hydrogen-bond donors (Lipinski definition) is 3. The summed E-state index contributed by atoms with van der Waals surface area (Å²) >= 11 is 0. The Hall–Kier alpha value is -1.45. The lowest BCUT2D eigenvalue weighted by Crippen LogP contribution is -2.40. The first-order chi connectivity index (χ1) is 8.76. The van der Waals surface area contributed by atoms with Crippen LogP contribution in [0.4, 0.5) is 0 Å². The van der Waals surface area contributed by atoms with Crippen LogP contribution in [0.2, 0.25) is 0 Å². The van der Waals surface area contributed by atoms with E-state index in [9.17, 15) is 13.2 Å². The number of nitrogens with one attached hydrogen (secondary N) is 1. The highest BCUT2D eigenvalue weighted by molar-refractivity contribution is 7.89. The molecule has 1 heterocycles. The van der Waals surface area contributed by atoms with Crippen molar-refractivity contribution in [3.8, 4) is 0 Å². The second kappa shape index (κ2) is 6.13. The summed E-state index contributed by atoms with van der Waals surface area (Å²) in [6, 6.07) is -0.604. The molecule has 19 heavy (non-hydrogen) atoms. The molecule has 1 atom stereocenters. The third kappa shape index (κ3) is 4.30. The first-order valence-corrected chi connectivity index (χ1v) is 7.12. The Labute approximate surface area is 111 Å². The van der Waals surface area contributed by atoms with Crippen LogP contribution in [-0.4, -0.2) is 47.0 Å². The van der Waals surface area contributed by atoms with Gasteiger partial charge in [0.1, 0.15) is 11.4 Å². The third-order valence-electron chi connectivity index (χ3n) is 2.53. The number of aliphatic hydroxyl groups is 1. The van der Waals surface area contributed by atoms with Gasteiger partial charge in [-0.1, -0.05) is 13.8 Å². The monoisotopic (exact) mass is 291 g/mol. The van der Waals surface area contributed by atoms with Crippen LogP contribution >= 0.6 is 0 Å². The van der Waals surface area contributed by atoms with Gasteiger partial charge in [-0.05, 0) is 5.92 Å². The number of carboxylic acid groups (broad SMARTS) is 1. The number of carboxylic acids is 1. The van der Waals surface area contributed by atoms with Crippen LogP contribution in [0, 0.1) is 5.92 Å². The fourth-order valence-electron chi connectivity index (χ4n) is 1.36. The van der Waals surface area contributed by atoms with E-state index in [0.717, 1.165) is 17.1 Å². The van der Waals surface area contributed by atoms with Crippen molar-refractivity contribution in [3.63, 3.8) is 0 Å². The van der Waals surface area contributed by atoms with Gasteiger partial charge in [0.25, 0.3) is 0 Å². The summed E-state index contributed by atoms with van der Waals surface area (Å²) in [6.45, 7) is 2.82. The first-order valence-electron chi connectivity index (χ1n) is 5.63. The summed E-state index contributed by atoms with van der Waals surface area (Å²) in [5, 5.41) is 21.3. The summed E-state index contributed by atoms with van der Waals surface area (Å²) < 4.78 is 27.3. The molecular weight excluding hydrogens is 274 g/mol. The van der Waals surface area contributed by atoms with Gasteiger partial charge in [-0.2, -0.15) is 5.10 Å². The maximum atomic E-state index is 12.0. The van der Waals surface area contributed by atoms with Gasteiger partial charge in [-0.15, -0.1) is 0 Å². The van der Waals surface area contributed by atoms with Crippen molar-refractivity contribution in [3.05, 3.63) is 12.4 Å². The van der Waals surface area contributed by atoms with E-state index in [2.05, 4.69) is 9.82 Å². The molecule has 8 nitrogen and oxygen atoms in total. The number of nitrogens with zero attached hydrogens (tertiary/aromatic N) is 2. The molecule has 0 aliphatic rings. The van der Waals surface area contributed by atoms with Crippen molar-refractivity contribution in [2.24, 2.45) is 5.92 Å². The first kappa shape index (κ1) is 15.6. The molecule has 0 amide bonds. The Kier molecular flexibility index (Phi) is 5.04. The second-order valence-corrected chi connectivity index (χ2v) is 6.14. The number of sulfonamides is 1. The highest BCUT2D eigenvalue weighted by atomic mass is 32.2. The van der Waals surface area contributed by atoms with E-state index >= 15 is 0 Å². The number of aliphatic carboxylic acids is 1. The third-order valence-corrected chi connectivity index (χ3v) is 3.97. The fraction of sp³-hybridized carbons (Fsp3) is 0.600. The zero-order valence-corrected chi connectivity index (χ0v) is 11.5. The normalized spacial score (nSPS) is 13.7. The van der Waals surface area contributed by atoms with Gasteiger partial charge in [-0.25, -0.2) is 13.1 Å². The van der Waals surface area contributed by atoms with Crippen molar-refractivity contribution in [1.29, 1.82) is 0 Å². The van der Waals surface area contributed by atoms with E-state index in [1.54, 1.807) is 13.8 Å². The molecule has 1 aromatic rings. The van der Waals surface area contributed by atoms with E-state index in [0.29, 0.717) is 0 Å². The Morgan fingerprint density at radius 1 is 1.53 bits per heavy atom. The smallest absolute Gasteiger partial charge is 0.325 e. The predicted molar refractivity (Wildman–Crippen MR) is 65.9 cm³/mol. The fourth-order valence-corrected chi connectivity index (χ4v) is 2.69. The van der Waals surface area contributed by atoms with Gasteiger partial charge in [0.05, 0.1) is 12.8 Å². The maximum Gasteiger partial charge on any atom is 0.325 e. The van der Waals surface area contributed by atoms with Gasteiger partial charge in [-0.3, -0.25) is 9.48 Å². The highest BCUT2D eigenvalue weighted by Gasteiger charge is 2.23. The Morgan fingerprint density at radius 2 is 2.16 bits per heavy atom. The number of aliphatic hydroxyl groups excluding tert-OH is 1. The molecule has 0 aromatic carbocycles. The van der Waals surface area contributed by atoms with Crippen LogP contribution in [0.5, 0.6) is 0 Å². The number of carbonyl (C=O) groups is 1. The van der Waals surface area contributed by atoms with Crippen molar-refractivity contribution in [2.75, 3.05) is 6.61 Å². The minimum Gasteiger partial charge on any atom is -0.480 e. The quantitative estimate of drug-likeness (QED) is 0.608. The molecule has 0 aliphatic carbocycles. The van der Waals surface area contributed by atoms with Crippen LogP contribution in [0.15, 0.2) is 17.3 Å². The van der Waals surface area contributed by atoms with Crippen LogP contribution in [-0.2, 0) is 21.4 Å². The van der Waals surface area contributed by atoms with Gasteiger partial charge in [0, 0.05) is 12.2 Å². The van der Waals surface area contributed by atoms with Crippen LogP contribution in [0.1, 0.15) is 13.8 Å². The standard InChI is InChI=1S/C10H17N3O5S/c1-7(2)9(6-14)12-19(17,18)8-3-11-13(4-8)5-10(15)16/h3-4,7,9,12,14H,5-6H2,1-2H3,(H,15,16). The van der Waals surface area contributed by atoms with Crippen molar-refractivity contribution < 1.29 is 23.4 Å². The maximum absolute atomic E-state index is 12.0. The molecule has 1 unspecified atom stereocenters. The lowest BCUT2D eigenvalue weighted by molar-refractivity contribution is -0.137. The summed E-state index contributed by atoms with van der Waals surface area (Å²) in [5.74, 6) is -1.19. The van der Waals surface area contributed by atoms with Gasteiger partial charge >= 0.3 is 5.97 Å². The number of rotatable bonds is 7. The highest BCUT2D eigenvalue weighted by Crippen LogP contribution is 2.10. The van der Waals surface area contributed by atoms with Crippen molar-refractivity contribution in [1.82, 2.24) is 14.5 Å². The number of hydrogen-bond acceptors (Lipinski definition) is 5. The molecule has 0 bridgehead atoms. The van der Waals surface area contributed by atoms with E-state index in [1.807, 2.05) is 0 Å². The summed E-state index contributed by atoms with van der Waals surface area (Å²) in [7, 11) is -3.82. The Bertz CT molecular complexity index is 537. The molecule has 1 rings (SSSR count). The molecule has 0 fully saturated rings. The molecular formula is C10H17N3O5S. The largest absolute Gasteiger partial charge is 0.480 e. The minimum absolute atomic E-state index is 0.0751. The average molecular weight is 291 g/mol. The molecule has 1 aromatic heterocycles. The van der Waals surface area contributed by atoms with Crippen LogP contribution in [0.25, 0.3) is 0 Å². The van der Waals surface area contributed by atoms with E-state index < -0.39 is 28.6 Å². The summed E-state index contributed by atoms with van der Waals surface area (Å²) in [4.78, 5) is 10.4. The van der Waals surface area contributed by atoms with Crippen LogP contribution in [0.3, 0.4) is 0 Å². The van der Waals surface area contributed by atoms with Crippen molar-refractivity contribution >= 4 is 16.0 Å². The molecule has 0 saturated carbocycles. The summed E-state index contributed by atoms with van der Waals surface area (Å²) in [5.41, 5.74) is 0. The molecule has 3 N–H and O–H groups in total. The molecule has 108 valence electrons. The molecule has 0 spiro atoms. The predicted octanol–water partition coefficient (Wildman–Crippen LogP) is -0.737. The lowest BCUT2D eigenvalue weighted by atomic mass is 10.1. The van der Waals surface area contributed by atoms with Crippen LogP contribution < -0.4 is 4.72 Å². The Morgan fingerprint density at radius 3 is 2.63 bits per heavy atom. The van der Waals surface area contributed by atoms with E-state index in [-0.39, 0.29) is 17.4 Å². The average Bonchev–Trinajstić information content (AvgIpc) is 2.73. The van der Waals surface area contributed by atoms with Gasteiger partial charge < -0.3 is 10.2 Å². The topological polar surface area (TPSA) is 122 Å². The SMILES string of the molecule is CC(C)C(CO)NS(=O)(=O)c1cnn(CC(=O)O)c1. The zero-order valence-electron chi connectivity index (χ0n) is 10.6. The molecule has 0 radical (unpaired) electrons. The Balaban J connectivity index is 2.88. The van der Waals surface area contributed by atoms with Gasteiger partial charge in [0.2, 0.25) is 10.0 Å².